The number of carbonyl (C=O) groups excluding carboxylic acids is 1. The number of hydrogen-bond donors (Lipinski definition) is 1. The van der Waals surface area contributed by atoms with Crippen LogP contribution in [0.3, 0.4) is 0 Å². The van der Waals surface area contributed by atoms with Crippen LogP contribution >= 0.6 is 15.9 Å². The maximum absolute atomic E-state index is 13.2. The van der Waals surface area contributed by atoms with Crippen molar-refractivity contribution in [3.63, 3.8) is 0 Å². The average molecular weight is 555 g/mol. The van der Waals surface area contributed by atoms with Gasteiger partial charge in [-0.15, -0.1) is 0 Å². The molecule has 0 saturated carbocycles. The minimum Gasteiger partial charge on any atom is -0.507 e. The van der Waals surface area contributed by atoms with Crippen molar-refractivity contribution in [3.05, 3.63) is 64.3 Å². The fourth-order valence-corrected chi connectivity index (χ4v) is 4.55. The summed E-state index contributed by atoms with van der Waals surface area (Å²) in [6.07, 6.45) is 0.126. The highest BCUT2D eigenvalue weighted by molar-refractivity contribution is 9.10. The smallest absolute Gasteiger partial charge is 0.227 e. The van der Waals surface area contributed by atoms with Crippen molar-refractivity contribution in [1.82, 2.24) is 19.5 Å². The number of nitrogens with zero attached hydrogens (tertiary/aromatic N) is 4. The van der Waals surface area contributed by atoms with Crippen molar-refractivity contribution >= 4 is 27.5 Å². The van der Waals surface area contributed by atoms with Crippen LogP contribution in [0.25, 0.3) is 28.2 Å². The average Bonchev–Trinajstić information content (AvgIpc) is 3.22. The molecule has 0 radical (unpaired) electrons. The van der Waals surface area contributed by atoms with Crippen LogP contribution in [0.4, 0.5) is 4.39 Å². The Hall–Kier alpha value is -3.46. The number of fused-ring (bicyclic) bond motifs is 1. The molecule has 1 N–H and O–H groups in total. The van der Waals surface area contributed by atoms with Gasteiger partial charge in [0.25, 0.3) is 0 Å². The number of ether oxygens (including phenoxy) is 1. The number of hydrogen-bond acceptors (Lipinski definition) is 5. The summed E-state index contributed by atoms with van der Waals surface area (Å²) in [5.41, 5.74) is 4.61. The minimum absolute atomic E-state index is 0.0139. The summed E-state index contributed by atoms with van der Waals surface area (Å²) in [6, 6.07) is 14.2. The van der Waals surface area contributed by atoms with Gasteiger partial charge in [-0.1, -0.05) is 15.9 Å². The first-order valence-corrected chi connectivity index (χ1v) is 12.6. The molecule has 0 saturated heterocycles. The third kappa shape index (κ3) is 5.21. The number of aromatic hydroxyl groups is 1. The second-order valence-corrected chi connectivity index (χ2v) is 9.23. The van der Waals surface area contributed by atoms with E-state index in [1.54, 1.807) is 33.7 Å². The summed E-state index contributed by atoms with van der Waals surface area (Å²) in [7, 11) is 0. The van der Waals surface area contributed by atoms with E-state index in [0.29, 0.717) is 47.0 Å². The summed E-state index contributed by atoms with van der Waals surface area (Å²) in [4.78, 5) is 19.7. The van der Waals surface area contributed by atoms with Crippen molar-refractivity contribution in [2.45, 2.75) is 27.2 Å². The van der Waals surface area contributed by atoms with E-state index in [0.717, 1.165) is 15.7 Å². The number of phenolic OH excluding ortho intramolecular Hbond substituents is 1. The summed E-state index contributed by atoms with van der Waals surface area (Å²) < 4.78 is 20.4. The Morgan fingerprint density at radius 3 is 2.53 bits per heavy atom. The lowest BCUT2D eigenvalue weighted by Gasteiger charge is -2.18. The van der Waals surface area contributed by atoms with E-state index in [4.69, 9.17) is 14.8 Å². The molecule has 0 aliphatic rings. The van der Waals surface area contributed by atoms with Crippen molar-refractivity contribution in [3.8, 4) is 34.0 Å². The van der Waals surface area contributed by atoms with Gasteiger partial charge in [0.15, 0.2) is 5.65 Å². The largest absolute Gasteiger partial charge is 0.507 e. The molecule has 2 aromatic carbocycles. The third-order valence-electron chi connectivity index (χ3n) is 5.96. The van der Waals surface area contributed by atoms with Gasteiger partial charge in [-0.25, -0.2) is 13.9 Å². The first-order chi connectivity index (χ1) is 17.4. The highest BCUT2D eigenvalue weighted by atomic mass is 79.9. The van der Waals surface area contributed by atoms with Crippen LogP contribution in [0.2, 0.25) is 0 Å². The molecule has 0 aliphatic carbocycles. The first kappa shape index (κ1) is 25.6. The molecule has 0 spiro atoms. The Kier molecular flexibility index (Phi) is 7.88. The molecule has 1 amide bonds. The number of amides is 1. The van der Waals surface area contributed by atoms with Crippen molar-refractivity contribution in [1.29, 1.82) is 0 Å². The standard InChI is InChI=1S/C27H28BrFN4O3/c1-4-32(5-2)25(35)16-22-26(18-6-9-20(10-7-18)36-13-12-29)31-33-23(14-17(3)30-27(22)33)21-15-19(28)8-11-24(21)34/h6-11,14-15,34H,4-5,12-13,16H2,1-3H3. The highest BCUT2D eigenvalue weighted by Gasteiger charge is 2.23. The lowest BCUT2D eigenvalue weighted by atomic mass is 10.0. The summed E-state index contributed by atoms with van der Waals surface area (Å²) in [5, 5.41) is 15.5. The van der Waals surface area contributed by atoms with Gasteiger partial charge in [0, 0.05) is 39.9 Å². The molecule has 2 heterocycles. The quantitative estimate of drug-likeness (QED) is 0.291. The summed E-state index contributed by atoms with van der Waals surface area (Å²) in [6.45, 7) is 6.40. The Morgan fingerprint density at radius 1 is 1.14 bits per heavy atom. The zero-order chi connectivity index (χ0) is 25.8. The van der Waals surface area contributed by atoms with Crippen molar-refractivity contribution in [2.24, 2.45) is 0 Å². The Morgan fingerprint density at radius 2 is 1.86 bits per heavy atom. The molecule has 0 atom stereocenters. The van der Waals surface area contributed by atoms with Crippen LogP contribution < -0.4 is 4.74 Å². The van der Waals surface area contributed by atoms with Gasteiger partial charge in [0.1, 0.15) is 24.8 Å². The van der Waals surface area contributed by atoms with Crippen molar-refractivity contribution < 1.29 is 19.0 Å². The number of aromatic nitrogens is 3. The topological polar surface area (TPSA) is 80.0 Å². The monoisotopic (exact) mass is 554 g/mol. The lowest BCUT2D eigenvalue weighted by molar-refractivity contribution is -0.130. The predicted molar refractivity (Wildman–Crippen MR) is 141 cm³/mol. The number of halogens is 2. The van der Waals surface area contributed by atoms with Crippen LogP contribution in [0.5, 0.6) is 11.5 Å². The van der Waals surface area contributed by atoms with Crippen LogP contribution in [0, 0.1) is 6.92 Å². The van der Waals surface area contributed by atoms with Crippen LogP contribution in [-0.4, -0.2) is 56.9 Å². The molecule has 9 heteroatoms. The maximum Gasteiger partial charge on any atom is 0.227 e. The third-order valence-corrected chi connectivity index (χ3v) is 6.46. The van der Waals surface area contributed by atoms with E-state index >= 15 is 0 Å². The van der Waals surface area contributed by atoms with E-state index in [9.17, 15) is 14.3 Å². The molecule has 7 nitrogen and oxygen atoms in total. The van der Waals surface area contributed by atoms with E-state index < -0.39 is 6.67 Å². The van der Waals surface area contributed by atoms with E-state index in [2.05, 4.69) is 15.9 Å². The number of aryl methyl sites for hydroxylation is 1. The number of carbonyl (C=O) groups is 1. The Labute approximate surface area is 217 Å². The molecule has 36 heavy (non-hydrogen) atoms. The normalized spacial score (nSPS) is 11.1. The molecule has 0 fully saturated rings. The molecule has 2 aromatic heterocycles. The number of likely N-dealkylation sites (N-methyl/N-ethyl adjacent to an activating group) is 1. The van der Waals surface area contributed by atoms with Crippen molar-refractivity contribution in [2.75, 3.05) is 26.4 Å². The number of alkyl halides is 1. The van der Waals surface area contributed by atoms with Gasteiger partial charge < -0.3 is 14.7 Å². The molecule has 0 bridgehead atoms. The second-order valence-electron chi connectivity index (χ2n) is 8.31. The first-order valence-electron chi connectivity index (χ1n) is 11.8. The SMILES string of the molecule is CCN(CC)C(=O)Cc1c(-c2ccc(OCCF)cc2)nn2c(-c3cc(Br)ccc3O)cc(C)nc12. The summed E-state index contributed by atoms with van der Waals surface area (Å²) in [5.74, 6) is 0.640. The van der Waals surface area contributed by atoms with Gasteiger partial charge in [0.05, 0.1) is 17.8 Å². The van der Waals surface area contributed by atoms with Crippen LogP contribution in [0.15, 0.2) is 53.0 Å². The number of benzene rings is 2. The highest BCUT2D eigenvalue weighted by Crippen LogP contribution is 2.35. The van der Waals surface area contributed by atoms with Gasteiger partial charge in [-0.2, -0.15) is 5.10 Å². The second kappa shape index (κ2) is 11.1. The molecule has 4 rings (SSSR count). The molecule has 188 valence electrons. The van der Waals surface area contributed by atoms with E-state index in [1.165, 1.54) is 0 Å². The van der Waals surface area contributed by atoms with Gasteiger partial charge in [0.2, 0.25) is 5.91 Å². The Balaban J connectivity index is 1.93. The van der Waals surface area contributed by atoms with Crippen LogP contribution in [-0.2, 0) is 11.2 Å². The lowest BCUT2D eigenvalue weighted by Crippen LogP contribution is -2.31. The predicted octanol–water partition coefficient (Wildman–Crippen LogP) is 5.60. The van der Waals surface area contributed by atoms with Gasteiger partial charge in [-0.05, 0) is 69.3 Å². The minimum atomic E-state index is -0.567. The molecule has 4 aromatic rings. The fourth-order valence-electron chi connectivity index (χ4n) is 4.19. The van der Waals surface area contributed by atoms with E-state index in [-0.39, 0.29) is 24.7 Å². The molecular formula is C27H28BrFN4O3. The summed E-state index contributed by atoms with van der Waals surface area (Å²) >= 11 is 3.48. The molecular weight excluding hydrogens is 527 g/mol. The van der Waals surface area contributed by atoms with Gasteiger partial charge >= 0.3 is 0 Å². The fraction of sp³-hybridized carbons (Fsp3) is 0.296. The zero-order valence-corrected chi connectivity index (χ0v) is 22.0. The van der Waals surface area contributed by atoms with E-state index in [1.807, 2.05) is 45.0 Å². The van der Waals surface area contributed by atoms with Crippen LogP contribution in [0.1, 0.15) is 25.1 Å². The zero-order valence-electron chi connectivity index (χ0n) is 20.5. The molecule has 0 unspecified atom stereocenters. The maximum atomic E-state index is 13.2. The van der Waals surface area contributed by atoms with Gasteiger partial charge in [-0.3, -0.25) is 4.79 Å². The number of phenols is 1. The Bertz CT molecular complexity index is 1380. The number of rotatable bonds is 9. The molecule has 0 aliphatic heterocycles.